The van der Waals surface area contributed by atoms with Crippen LogP contribution in [0.25, 0.3) is 11.4 Å². The molecular weight excluding hydrogens is 412 g/mol. The molecule has 5 nitrogen and oxygen atoms in total. The SMILES string of the molecule is Cc1cccc(-c2nc(SCC(=O)Nc3cc(C)c(C)cc3Br)n[nH]2)c1. The lowest BCUT2D eigenvalue weighted by Gasteiger charge is -2.09. The number of hydrogen-bond acceptors (Lipinski definition) is 4. The van der Waals surface area contributed by atoms with Crippen LogP contribution in [-0.2, 0) is 4.79 Å². The van der Waals surface area contributed by atoms with Gasteiger partial charge in [0.2, 0.25) is 11.1 Å². The van der Waals surface area contributed by atoms with Gasteiger partial charge in [0.1, 0.15) is 0 Å². The van der Waals surface area contributed by atoms with Crippen molar-refractivity contribution in [2.24, 2.45) is 0 Å². The first-order valence-electron chi connectivity index (χ1n) is 8.11. The highest BCUT2D eigenvalue weighted by Crippen LogP contribution is 2.26. The molecule has 1 heterocycles. The summed E-state index contributed by atoms with van der Waals surface area (Å²) in [6.45, 7) is 6.09. The molecule has 1 amide bonds. The van der Waals surface area contributed by atoms with Crippen molar-refractivity contribution in [3.63, 3.8) is 0 Å². The zero-order chi connectivity index (χ0) is 18.7. The Labute approximate surface area is 165 Å². The Morgan fingerprint density at radius 3 is 2.73 bits per heavy atom. The van der Waals surface area contributed by atoms with E-state index in [2.05, 4.69) is 36.4 Å². The number of carbonyl (C=O) groups is 1. The Hall–Kier alpha value is -2.12. The maximum Gasteiger partial charge on any atom is 0.234 e. The molecule has 0 aliphatic heterocycles. The fraction of sp³-hybridized carbons (Fsp3) is 0.211. The number of aromatic nitrogens is 3. The van der Waals surface area contributed by atoms with Gasteiger partial charge in [-0.05, 0) is 66.0 Å². The molecule has 0 saturated carbocycles. The number of aromatic amines is 1. The third-order valence-electron chi connectivity index (χ3n) is 3.95. The highest BCUT2D eigenvalue weighted by molar-refractivity contribution is 9.10. The number of thioether (sulfide) groups is 1. The third kappa shape index (κ3) is 4.53. The molecule has 3 rings (SSSR count). The fourth-order valence-electron chi connectivity index (χ4n) is 2.43. The van der Waals surface area contributed by atoms with Crippen LogP contribution in [0.15, 0.2) is 46.0 Å². The van der Waals surface area contributed by atoms with Crippen molar-refractivity contribution in [1.29, 1.82) is 0 Å². The Morgan fingerprint density at radius 1 is 1.19 bits per heavy atom. The van der Waals surface area contributed by atoms with Crippen molar-refractivity contribution in [1.82, 2.24) is 15.2 Å². The van der Waals surface area contributed by atoms with Crippen LogP contribution < -0.4 is 5.32 Å². The fourth-order valence-corrected chi connectivity index (χ4v) is 3.58. The van der Waals surface area contributed by atoms with E-state index in [1.807, 2.05) is 57.2 Å². The molecule has 26 heavy (non-hydrogen) atoms. The number of benzene rings is 2. The summed E-state index contributed by atoms with van der Waals surface area (Å²) in [5.74, 6) is 0.846. The number of nitrogens with one attached hydrogen (secondary N) is 2. The van der Waals surface area contributed by atoms with Gasteiger partial charge in [-0.25, -0.2) is 4.98 Å². The van der Waals surface area contributed by atoms with Crippen molar-refractivity contribution in [2.45, 2.75) is 25.9 Å². The van der Waals surface area contributed by atoms with E-state index in [9.17, 15) is 4.79 Å². The van der Waals surface area contributed by atoms with E-state index in [4.69, 9.17) is 0 Å². The molecule has 3 aromatic rings. The number of halogens is 1. The summed E-state index contributed by atoms with van der Waals surface area (Å²) in [4.78, 5) is 16.7. The molecule has 0 bridgehead atoms. The van der Waals surface area contributed by atoms with Crippen LogP contribution in [0.4, 0.5) is 5.69 Å². The lowest BCUT2D eigenvalue weighted by Crippen LogP contribution is -2.14. The lowest BCUT2D eigenvalue weighted by atomic mass is 10.1. The van der Waals surface area contributed by atoms with Crippen molar-refractivity contribution in [3.05, 3.63) is 57.6 Å². The van der Waals surface area contributed by atoms with E-state index in [1.54, 1.807) is 0 Å². The molecule has 0 atom stereocenters. The van der Waals surface area contributed by atoms with E-state index in [-0.39, 0.29) is 11.7 Å². The summed E-state index contributed by atoms with van der Waals surface area (Å²) in [5.41, 5.74) is 5.22. The van der Waals surface area contributed by atoms with Gasteiger partial charge in [0.25, 0.3) is 0 Å². The van der Waals surface area contributed by atoms with Crippen LogP contribution >= 0.6 is 27.7 Å². The molecule has 0 radical (unpaired) electrons. The normalized spacial score (nSPS) is 10.8. The first-order chi connectivity index (χ1) is 12.4. The topological polar surface area (TPSA) is 70.7 Å². The summed E-state index contributed by atoms with van der Waals surface area (Å²) in [6.07, 6.45) is 0. The van der Waals surface area contributed by atoms with Crippen molar-refractivity contribution < 1.29 is 4.79 Å². The van der Waals surface area contributed by atoms with Crippen LogP contribution in [0.5, 0.6) is 0 Å². The maximum atomic E-state index is 12.2. The lowest BCUT2D eigenvalue weighted by molar-refractivity contribution is -0.113. The molecule has 0 aliphatic rings. The average Bonchev–Trinajstić information content (AvgIpc) is 3.07. The molecule has 1 aromatic heterocycles. The number of rotatable bonds is 5. The molecule has 0 spiro atoms. The van der Waals surface area contributed by atoms with Gasteiger partial charge in [-0.2, -0.15) is 0 Å². The first-order valence-corrected chi connectivity index (χ1v) is 9.89. The Bertz CT molecular complexity index is 954. The molecule has 0 saturated heterocycles. The Balaban J connectivity index is 1.61. The zero-order valence-corrected chi connectivity index (χ0v) is 17.2. The number of anilines is 1. The van der Waals surface area contributed by atoms with Gasteiger partial charge >= 0.3 is 0 Å². The van der Waals surface area contributed by atoms with E-state index >= 15 is 0 Å². The first kappa shape index (κ1) is 18.7. The Kier molecular flexibility index (Phi) is 5.78. The molecule has 0 unspecified atom stereocenters. The Morgan fingerprint density at radius 2 is 1.96 bits per heavy atom. The maximum absolute atomic E-state index is 12.2. The third-order valence-corrected chi connectivity index (χ3v) is 5.45. The molecule has 0 aliphatic carbocycles. The molecule has 134 valence electrons. The summed E-state index contributed by atoms with van der Waals surface area (Å²) in [7, 11) is 0. The van der Waals surface area contributed by atoms with Crippen LogP contribution in [0.1, 0.15) is 16.7 Å². The molecule has 2 N–H and O–H groups in total. The molecule has 0 fully saturated rings. The predicted octanol–water partition coefficient (Wildman–Crippen LogP) is 4.89. The van der Waals surface area contributed by atoms with Crippen LogP contribution in [0, 0.1) is 20.8 Å². The van der Waals surface area contributed by atoms with Crippen LogP contribution in [0.3, 0.4) is 0 Å². The molecule has 7 heteroatoms. The zero-order valence-electron chi connectivity index (χ0n) is 14.8. The summed E-state index contributed by atoms with van der Waals surface area (Å²) in [6, 6.07) is 12.0. The summed E-state index contributed by atoms with van der Waals surface area (Å²) >= 11 is 4.79. The highest BCUT2D eigenvalue weighted by atomic mass is 79.9. The minimum absolute atomic E-state index is 0.0964. The minimum Gasteiger partial charge on any atom is -0.324 e. The van der Waals surface area contributed by atoms with Crippen molar-refractivity contribution in [3.8, 4) is 11.4 Å². The van der Waals surface area contributed by atoms with E-state index in [0.717, 1.165) is 26.9 Å². The van der Waals surface area contributed by atoms with Gasteiger partial charge in [0.05, 0.1) is 11.4 Å². The monoisotopic (exact) mass is 430 g/mol. The van der Waals surface area contributed by atoms with E-state index < -0.39 is 0 Å². The average molecular weight is 431 g/mol. The second kappa shape index (κ2) is 8.05. The van der Waals surface area contributed by atoms with Gasteiger partial charge in [-0.1, -0.05) is 35.5 Å². The highest BCUT2D eigenvalue weighted by Gasteiger charge is 2.11. The van der Waals surface area contributed by atoms with Crippen LogP contribution in [0.2, 0.25) is 0 Å². The number of hydrogen-bond donors (Lipinski definition) is 2. The number of aryl methyl sites for hydroxylation is 3. The number of H-pyrrole nitrogens is 1. The predicted molar refractivity (Wildman–Crippen MR) is 110 cm³/mol. The van der Waals surface area contributed by atoms with Gasteiger partial charge in [0.15, 0.2) is 5.82 Å². The van der Waals surface area contributed by atoms with Gasteiger partial charge in [-0.15, -0.1) is 5.10 Å². The quantitative estimate of drug-likeness (QED) is 0.565. The van der Waals surface area contributed by atoms with E-state index in [1.165, 1.54) is 17.3 Å². The van der Waals surface area contributed by atoms with E-state index in [0.29, 0.717) is 11.0 Å². The van der Waals surface area contributed by atoms with Gasteiger partial charge in [0, 0.05) is 10.0 Å². The molecule has 2 aromatic carbocycles. The van der Waals surface area contributed by atoms with Gasteiger partial charge < -0.3 is 5.32 Å². The smallest absolute Gasteiger partial charge is 0.234 e. The van der Waals surface area contributed by atoms with Gasteiger partial charge in [-0.3, -0.25) is 9.89 Å². The van der Waals surface area contributed by atoms with Crippen molar-refractivity contribution >= 4 is 39.3 Å². The number of amides is 1. The van der Waals surface area contributed by atoms with Crippen LogP contribution in [-0.4, -0.2) is 26.8 Å². The van der Waals surface area contributed by atoms with Crippen molar-refractivity contribution in [2.75, 3.05) is 11.1 Å². The largest absolute Gasteiger partial charge is 0.324 e. The standard InChI is InChI=1S/C19H19BrN4OS/c1-11-5-4-6-14(7-11)18-22-19(24-23-18)26-10-17(25)21-16-9-13(3)12(2)8-15(16)20/h4-9H,10H2,1-3H3,(H,21,25)(H,22,23,24). The summed E-state index contributed by atoms with van der Waals surface area (Å²) < 4.78 is 0.874. The number of nitrogens with zero attached hydrogens (tertiary/aromatic N) is 2. The molecular formula is C19H19BrN4OS. The minimum atomic E-state index is -0.0964. The number of carbonyl (C=O) groups excluding carboxylic acids is 1. The second-order valence-electron chi connectivity index (χ2n) is 6.09. The summed E-state index contributed by atoms with van der Waals surface area (Å²) in [5, 5.41) is 10.6. The second-order valence-corrected chi connectivity index (χ2v) is 7.89.